The number of aromatic nitrogens is 2. The first-order valence-electron chi connectivity index (χ1n) is 8.51. The van der Waals surface area contributed by atoms with Crippen molar-refractivity contribution in [1.29, 1.82) is 0 Å². The van der Waals surface area contributed by atoms with Crippen molar-refractivity contribution in [2.24, 2.45) is 7.05 Å². The predicted molar refractivity (Wildman–Crippen MR) is 98.3 cm³/mol. The fourth-order valence-corrected chi connectivity index (χ4v) is 2.76. The van der Waals surface area contributed by atoms with E-state index >= 15 is 0 Å². The van der Waals surface area contributed by atoms with Gasteiger partial charge in [-0.05, 0) is 18.2 Å². The van der Waals surface area contributed by atoms with Gasteiger partial charge in [0.05, 0.1) is 12.1 Å². The lowest BCUT2D eigenvalue weighted by atomic mass is 10.1. The van der Waals surface area contributed by atoms with E-state index in [1.807, 2.05) is 0 Å². The van der Waals surface area contributed by atoms with Crippen molar-refractivity contribution in [2.75, 3.05) is 6.54 Å². The van der Waals surface area contributed by atoms with E-state index in [2.05, 4.69) is 15.6 Å². The lowest BCUT2D eigenvalue weighted by Crippen LogP contribution is -2.40. The molecule has 0 saturated heterocycles. The Balaban J connectivity index is 1.74. The van der Waals surface area contributed by atoms with Gasteiger partial charge in [-0.2, -0.15) is 0 Å². The second kappa shape index (κ2) is 8.43. The number of nitrogens with one attached hydrogen (secondary N) is 2. The van der Waals surface area contributed by atoms with Crippen LogP contribution in [0.15, 0.2) is 60.9 Å². The largest absolute Gasteiger partial charge is 0.343 e. The first-order valence-corrected chi connectivity index (χ1v) is 8.51. The van der Waals surface area contributed by atoms with Gasteiger partial charge in [0, 0.05) is 25.0 Å². The molecule has 6 nitrogen and oxygen atoms in total. The molecular weight excluding hydrogens is 366 g/mol. The molecule has 2 amide bonds. The number of imidazole rings is 1. The van der Waals surface area contributed by atoms with Gasteiger partial charge in [-0.3, -0.25) is 9.59 Å². The zero-order valence-electron chi connectivity index (χ0n) is 15.0. The van der Waals surface area contributed by atoms with Crippen LogP contribution >= 0.6 is 0 Å². The lowest BCUT2D eigenvalue weighted by molar-refractivity contribution is -0.120. The Labute approximate surface area is 160 Å². The van der Waals surface area contributed by atoms with E-state index in [1.165, 1.54) is 30.5 Å². The van der Waals surface area contributed by atoms with Gasteiger partial charge in [0.2, 0.25) is 5.91 Å². The summed E-state index contributed by atoms with van der Waals surface area (Å²) >= 11 is 0. The Morgan fingerprint density at radius 1 is 1.07 bits per heavy atom. The van der Waals surface area contributed by atoms with E-state index in [1.54, 1.807) is 36.0 Å². The van der Waals surface area contributed by atoms with Gasteiger partial charge in [0.15, 0.2) is 0 Å². The molecule has 0 aliphatic carbocycles. The summed E-state index contributed by atoms with van der Waals surface area (Å²) in [7, 11) is 1.72. The SMILES string of the molecule is Cn1ccnc1[C@@H](NC(=O)CNC(=O)c1ccccc1F)c1ccccc1F. The van der Waals surface area contributed by atoms with E-state index in [-0.39, 0.29) is 11.1 Å². The van der Waals surface area contributed by atoms with Crippen LogP contribution in [0.25, 0.3) is 0 Å². The van der Waals surface area contributed by atoms with E-state index in [0.29, 0.717) is 5.82 Å². The molecule has 8 heteroatoms. The summed E-state index contributed by atoms with van der Waals surface area (Å²) < 4.78 is 29.6. The minimum Gasteiger partial charge on any atom is -0.343 e. The smallest absolute Gasteiger partial charge is 0.254 e. The third-order valence-electron chi connectivity index (χ3n) is 4.17. The van der Waals surface area contributed by atoms with Gasteiger partial charge >= 0.3 is 0 Å². The Morgan fingerprint density at radius 3 is 2.39 bits per heavy atom. The number of aryl methyl sites for hydroxylation is 1. The van der Waals surface area contributed by atoms with E-state index in [4.69, 9.17) is 0 Å². The highest BCUT2D eigenvalue weighted by Gasteiger charge is 2.23. The highest BCUT2D eigenvalue weighted by Crippen LogP contribution is 2.22. The number of nitrogens with zero attached hydrogens (tertiary/aromatic N) is 2. The summed E-state index contributed by atoms with van der Waals surface area (Å²) in [6, 6.07) is 10.6. The van der Waals surface area contributed by atoms with Crippen molar-refractivity contribution < 1.29 is 18.4 Å². The zero-order valence-corrected chi connectivity index (χ0v) is 15.0. The number of halogens is 2. The zero-order chi connectivity index (χ0) is 20.1. The van der Waals surface area contributed by atoms with Crippen LogP contribution in [0.3, 0.4) is 0 Å². The number of carbonyl (C=O) groups excluding carboxylic acids is 2. The molecule has 0 aliphatic rings. The van der Waals surface area contributed by atoms with Crippen molar-refractivity contribution in [3.63, 3.8) is 0 Å². The molecule has 28 heavy (non-hydrogen) atoms. The normalized spacial score (nSPS) is 11.7. The van der Waals surface area contributed by atoms with Crippen LogP contribution in [0.2, 0.25) is 0 Å². The standard InChI is InChI=1S/C20H18F2N4O2/c1-26-11-10-23-19(26)18(13-6-2-4-8-15(13)21)25-17(27)12-24-20(28)14-7-3-5-9-16(14)22/h2-11,18H,12H2,1H3,(H,24,28)(H,25,27)/t18-/m0/s1. The van der Waals surface area contributed by atoms with Crippen molar-refractivity contribution in [3.05, 3.63) is 89.5 Å². The van der Waals surface area contributed by atoms with Gasteiger partial charge < -0.3 is 15.2 Å². The number of hydrogen-bond acceptors (Lipinski definition) is 3. The second-order valence-electron chi connectivity index (χ2n) is 6.08. The van der Waals surface area contributed by atoms with Gasteiger partial charge in [-0.25, -0.2) is 13.8 Å². The van der Waals surface area contributed by atoms with Crippen LogP contribution in [0.1, 0.15) is 27.8 Å². The Bertz CT molecular complexity index is 1000. The first-order chi connectivity index (χ1) is 13.5. The molecule has 144 valence electrons. The van der Waals surface area contributed by atoms with Crippen LogP contribution in [0.4, 0.5) is 8.78 Å². The third-order valence-corrected chi connectivity index (χ3v) is 4.17. The van der Waals surface area contributed by atoms with Crippen LogP contribution in [-0.2, 0) is 11.8 Å². The summed E-state index contributed by atoms with van der Waals surface area (Å²) in [5, 5.41) is 5.03. The number of carbonyl (C=O) groups is 2. The van der Waals surface area contributed by atoms with Crippen molar-refractivity contribution in [2.45, 2.75) is 6.04 Å². The number of benzene rings is 2. The average Bonchev–Trinajstić information content (AvgIpc) is 3.11. The van der Waals surface area contributed by atoms with E-state index in [9.17, 15) is 18.4 Å². The molecule has 1 atom stereocenters. The molecule has 3 aromatic rings. The maximum Gasteiger partial charge on any atom is 0.254 e. The molecule has 0 unspecified atom stereocenters. The van der Waals surface area contributed by atoms with Crippen LogP contribution < -0.4 is 10.6 Å². The Morgan fingerprint density at radius 2 is 1.75 bits per heavy atom. The quantitative estimate of drug-likeness (QED) is 0.685. The van der Waals surface area contributed by atoms with Gasteiger partial charge in [0.25, 0.3) is 5.91 Å². The molecule has 0 bridgehead atoms. The molecule has 0 spiro atoms. The predicted octanol–water partition coefficient (Wildman–Crippen LogP) is 2.33. The third kappa shape index (κ3) is 4.22. The van der Waals surface area contributed by atoms with Crippen LogP contribution in [-0.4, -0.2) is 27.9 Å². The summed E-state index contributed by atoms with van der Waals surface area (Å²) in [6.07, 6.45) is 3.21. The van der Waals surface area contributed by atoms with Gasteiger partial charge in [0.1, 0.15) is 23.5 Å². The summed E-state index contributed by atoms with van der Waals surface area (Å²) in [5.41, 5.74) is 0.0793. The second-order valence-corrected chi connectivity index (χ2v) is 6.08. The van der Waals surface area contributed by atoms with Crippen LogP contribution in [0.5, 0.6) is 0 Å². The molecule has 1 aromatic heterocycles. The lowest BCUT2D eigenvalue weighted by Gasteiger charge is -2.20. The Kier molecular flexibility index (Phi) is 5.78. The minimum atomic E-state index is -0.848. The molecule has 3 rings (SSSR count). The number of amides is 2. The number of rotatable bonds is 6. The van der Waals surface area contributed by atoms with Crippen molar-refractivity contribution >= 4 is 11.8 Å². The fourth-order valence-electron chi connectivity index (χ4n) is 2.76. The Hall–Kier alpha value is -3.55. The van der Waals surface area contributed by atoms with E-state index in [0.717, 1.165) is 6.07 Å². The minimum absolute atomic E-state index is 0.162. The molecule has 0 fully saturated rings. The summed E-state index contributed by atoms with van der Waals surface area (Å²) in [4.78, 5) is 28.6. The summed E-state index contributed by atoms with van der Waals surface area (Å²) in [6.45, 7) is -0.400. The molecule has 2 N–H and O–H groups in total. The average molecular weight is 384 g/mol. The molecular formula is C20H18F2N4O2. The number of hydrogen-bond donors (Lipinski definition) is 2. The van der Waals surface area contributed by atoms with Crippen molar-refractivity contribution in [3.8, 4) is 0 Å². The molecule has 0 saturated carbocycles. The molecule has 0 aliphatic heterocycles. The highest BCUT2D eigenvalue weighted by molar-refractivity contribution is 5.96. The maximum atomic E-state index is 14.3. The monoisotopic (exact) mass is 384 g/mol. The van der Waals surface area contributed by atoms with Gasteiger partial charge in [-0.1, -0.05) is 30.3 Å². The fraction of sp³-hybridized carbons (Fsp3) is 0.150. The topological polar surface area (TPSA) is 76.0 Å². The highest BCUT2D eigenvalue weighted by atomic mass is 19.1. The summed E-state index contributed by atoms with van der Waals surface area (Å²) in [5.74, 6) is -2.03. The van der Waals surface area contributed by atoms with Crippen LogP contribution in [0, 0.1) is 11.6 Å². The van der Waals surface area contributed by atoms with Gasteiger partial charge in [-0.15, -0.1) is 0 Å². The maximum absolute atomic E-state index is 14.3. The molecule has 1 heterocycles. The molecule has 2 aromatic carbocycles. The van der Waals surface area contributed by atoms with Crippen molar-refractivity contribution in [1.82, 2.24) is 20.2 Å². The van der Waals surface area contributed by atoms with E-state index < -0.39 is 36.0 Å². The molecule has 0 radical (unpaired) electrons. The first kappa shape index (κ1) is 19.2.